The highest BCUT2D eigenvalue weighted by Crippen LogP contribution is 2.23. The minimum atomic E-state index is -0.163. The number of hydrogen-bond acceptors (Lipinski definition) is 3. The van der Waals surface area contributed by atoms with Crippen molar-refractivity contribution >= 4 is 11.8 Å². The molecule has 2 unspecified atom stereocenters. The molecular weight excluding hydrogens is 326 g/mol. The third-order valence-corrected chi connectivity index (χ3v) is 5.88. The van der Waals surface area contributed by atoms with Gasteiger partial charge in [-0.1, -0.05) is 30.3 Å². The predicted molar refractivity (Wildman–Crippen MR) is 103 cm³/mol. The zero-order valence-corrected chi connectivity index (χ0v) is 16.0. The second kappa shape index (κ2) is 8.67. The lowest BCUT2D eigenvalue weighted by Gasteiger charge is -2.36. The summed E-state index contributed by atoms with van der Waals surface area (Å²) < 4.78 is 0. The van der Waals surface area contributed by atoms with E-state index >= 15 is 0 Å². The smallest absolute Gasteiger partial charge is 0.237 e. The van der Waals surface area contributed by atoms with E-state index in [2.05, 4.69) is 10.2 Å². The Balaban J connectivity index is 1.47. The van der Waals surface area contributed by atoms with E-state index in [1.54, 1.807) is 0 Å². The Morgan fingerprint density at radius 1 is 1.00 bits per heavy atom. The summed E-state index contributed by atoms with van der Waals surface area (Å²) in [6, 6.07) is 9.86. The predicted octanol–water partition coefficient (Wildman–Crippen LogP) is 2.59. The molecule has 2 amide bonds. The van der Waals surface area contributed by atoms with Crippen molar-refractivity contribution in [3.8, 4) is 0 Å². The summed E-state index contributed by atoms with van der Waals surface area (Å²) in [6.07, 6.45) is 4.01. The molecule has 5 nitrogen and oxygen atoms in total. The van der Waals surface area contributed by atoms with E-state index in [1.807, 2.05) is 49.1 Å². The van der Waals surface area contributed by atoms with Crippen molar-refractivity contribution < 1.29 is 9.59 Å². The molecule has 0 radical (unpaired) electrons. The fourth-order valence-corrected chi connectivity index (χ4v) is 4.05. The highest BCUT2D eigenvalue weighted by molar-refractivity contribution is 5.82. The van der Waals surface area contributed by atoms with E-state index < -0.39 is 0 Å². The number of hydrogen-bond donors (Lipinski definition) is 1. The number of piperidine rings is 1. The molecule has 0 bridgehead atoms. The van der Waals surface area contributed by atoms with Gasteiger partial charge in [0.1, 0.15) is 0 Å². The van der Waals surface area contributed by atoms with Gasteiger partial charge in [-0.2, -0.15) is 0 Å². The maximum absolute atomic E-state index is 12.6. The molecule has 0 saturated carbocycles. The zero-order chi connectivity index (χ0) is 18.5. The van der Waals surface area contributed by atoms with Crippen LogP contribution in [0, 0.1) is 5.92 Å². The fourth-order valence-electron chi connectivity index (χ4n) is 4.05. The summed E-state index contributed by atoms with van der Waals surface area (Å²) >= 11 is 0. The van der Waals surface area contributed by atoms with Crippen LogP contribution in [-0.2, 0) is 9.59 Å². The van der Waals surface area contributed by atoms with E-state index in [-0.39, 0.29) is 23.9 Å². The molecular formula is C21H31N3O2. The highest BCUT2D eigenvalue weighted by atomic mass is 16.2. The first kappa shape index (κ1) is 18.9. The van der Waals surface area contributed by atoms with Crippen LogP contribution in [0.25, 0.3) is 0 Å². The molecule has 0 aliphatic carbocycles. The number of rotatable bonds is 5. The van der Waals surface area contributed by atoms with Crippen LogP contribution in [0.1, 0.15) is 51.1 Å². The number of carbonyl (C=O) groups excluding carboxylic acids is 2. The third kappa shape index (κ3) is 4.44. The van der Waals surface area contributed by atoms with Crippen LogP contribution in [0.5, 0.6) is 0 Å². The van der Waals surface area contributed by atoms with Gasteiger partial charge in [0.15, 0.2) is 0 Å². The van der Waals surface area contributed by atoms with Gasteiger partial charge in [0.05, 0.1) is 12.1 Å². The summed E-state index contributed by atoms with van der Waals surface area (Å²) in [5, 5.41) is 3.12. The van der Waals surface area contributed by atoms with Gasteiger partial charge in [-0.05, 0) is 58.2 Å². The molecule has 2 atom stereocenters. The number of benzene rings is 1. The molecule has 2 fully saturated rings. The Morgan fingerprint density at radius 3 is 2.23 bits per heavy atom. The SMILES string of the molecule is CC(NC(=O)C(C)N1CCC(C(=O)N2CCCC2)CC1)c1ccccc1. The van der Waals surface area contributed by atoms with Crippen molar-refractivity contribution in [3.05, 3.63) is 35.9 Å². The number of carbonyl (C=O) groups is 2. The lowest BCUT2D eigenvalue weighted by atomic mass is 9.94. The summed E-state index contributed by atoms with van der Waals surface area (Å²) in [5.74, 6) is 0.533. The van der Waals surface area contributed by atoms with Crippen molar-refractivity contribution in [3.63, 3.8) is 0 Å². The number of amides is 2. The van der Waals surface area contributed by atoms with Crippen LogP contribution < -0.4 is 5.32 Å². The van der Waals surface area contributed by atoms with Crippen molar-refractivity contribution in [1.82, 2.24) is 15.1 Å². The zero-order valence-electron chi connectivity index (χ0n) is 16.0. The molecule has 1 aromatic rings. The molecule has 2 aliphatic rings. The van der Waals surface area contributed by atoms with Gasteiger partial charge in [-0.15, -0.1) is 0 Å². The van der Waals surface area contributed by atoms with Crippen LogP contribution in [0.2, 0.25) is 0 Å². The van der Waals surface area contributed by atoms with Crippen molar-refractivity contribution in [2.75, 3.05) is 26.2 Å². The quantitative estimate of drug-likeness (QED) is 0.881. The summed E-state index contributed by atoms with van der Waals surface area (Å²) in [5.41, 5.74) is 1.11. The fraction of sp³-hybridized carbons (Fsp3) is 0.619. The van der Waals surface area contributed by atoms with Crippen LogP contribution in [0.4, 0.5) is 0 Å². The molecule has 142 valence electrons. The highest BCUT2D eigenvalue weighted by Gasteiger charge is 2.32. The lowest BCUT2D eigenvalue weighted by Crippen LogP contribution is -2.50. The molecule has 2 heterocycles. The Hall–Kier alpha value is -1.88. The van der Waals surface area contributed by atoms with Gasteiger partial charge < -0.3 is 10.2 Å². The Bertz CT molecular complexity index is 605. The molecule has 1 aromatic carbocycles. The molecule has 5 heteroatoms. The van der Waals surface area contributed by atoms with Gasteiger partial charge >= 0.3 is 0 Å². The van der Waals surface area contributed by atoms with Crippen molar-refractivity contribution in [2.24, 2.45) is 5.92 Å². The van der Waals surface area contributed by atoms with Crippen LogP contribution in [0.3, 0.4) is 0 Å². The van der Waals surface area contributed by atoms with Crippen LogP contribution >= 0.6 is 0 Å². The standard InChI is InChI=1S/C21H31N3O2/c1-16(18-8-4-3-5-9-18)22-20(25)17(2)23-14-10-19(11-15-23)21(26)24-12-6-7-13-24/h3-5,8-9,16-17,19H,6-7,10-15H2,1-2H3,(H,22,25). The third-order valence-electron chi connectivity index (χ3n) is 5.88. The van der Waals surface area contributed by atoms with Gasteiger partial charge in [-0.3, -0.25) is 14.5 Å². The first-order valence-electron chi connectivity index (χ1n) is 9.94. The van der Waals surface area contributed by atoms with Crippen LogP contribution in [0.15, 0.2) is 30.3 Å². The minimum Gasteiger partial charge on any atom is -0.348 e. The van der Waals surface area contributed by atoms with E-state index in [1.165, 1.54) is 0 Å². The number of nitrogens with zero attached hydrogens (tertiary/aromatic N) is 2. The van der Waals surface area contributed by atoms with E-state index in [0.717, 1.165) is 57.4 Å². The summed E-state index contributed by atoms with van der Waals surface area (Å²) in [6.45, 7) is 7.47. The molecule has 0 aromatic heterocycles. The average Bonchev–Trinajstić information content (AvgIpc) is 3.22. The monoisotopic (exact) mass is 357 g/mol. The Labute approximate surface area is 156 Å². The second-order valence-electron chi connectivity index (χ2n) is 7.66. The molecule has 2 aliphatic heterocycles. The number of nitrogens with one attached hydrogen (secondary N) is 1. The van der Waals surface area contributed by atoms with Crippen LogP contribution in [-0.4, -0.2) is 53.8 Å². The van der Waals surface area contributed by atoms with E-state index in [0.29, 0.717) is 5.91 Å². The Kier molecular flexibility index (Phi) is 6.30. The van der Waals surface area contributed by atoms with E-state index in [9.17, 15) is 9.59 Å². The maximum Gasteiger partial charge on any atom is 0.237 e. The second-order valence-corrected chi connectivity index (χ2v) is 7.66. The minimum absolute atomic E-state index is 0.000401. The van der Waals surface area contributed by atoms with Crippen molar-refractivity contribution in [1.29, 1.82) is 0 Å². The summed E-state index contributed by atoms with van der Waals surface area (Å²) in [4.78, 5) is 29.4. The first-order valence-corrected chi connectivity index (χ1v) is 9.94. The molecule has 3 rings (SSSR count). The van der Waals surface area contributed by atoms with Gasteiger partial charge in [0.25, 0.3) is 0 Å². The normalized spacial score (nSPS) is 21.4. The Morgan fingerprint density at radius 2 is 1.62 bits per heavy atom. The van der Waals surface area contributed by atoms with Crippen molar-refractivity contribution in [2.45, 2.75) is 51.6 Å². The maximum atomic E-state index is 12.6. The largest absolute Gasteiger partial charge is 0.348 e. The van der Waals surface area contributed by atoms with Gasteiger partial charge in [0, 0.05) is 19.0 Å². The molecule has 1 N–H and O–H groups in total. The molecule has 2 saturated heterocycles. The first-order chi connectivity index (χ1) is 12.6. The van der Waals surface area contributed by atoms with Gasteiger partial charge in [-0.25, -0.2) is 0 Å². The number of likely N-dealkylation sites (tertiary alicyclic amines) is 2. The topological polar surface area (TPSA) is 52.7 Å². The average molecular weight is 357 g/mol. The van der Waals surface area contributed by atoms with E-state index in [4.69, 9.17) is 0 Å². The molecule has 26 heavy (non-hydrogen) atoms. The lowest BCUT2D eigenvalue weighted by molar-refractivity contribution is -0.136. The molecule has 0 spiro atoms. The summed E-state index contributed by atoms with van der Waals surface area (Å²) in [7, 11) is 0. The van der Waals surface area contributed by atoms with Gasteiger partial charge in [0.2, 0.25) is 11.8 Å².